The van der Waals surface area contributed by atoms with E-state index in [0.717, 1.165) is 33.3 Å². The van der Waals surface area contributed by atoms with Gasteiger partial charge >= 0.3 is 0 Å². The molecule has 9 rings (SSSR count). The minimum absolute atomic E-state index is 0.490. The molecule has 1 aliphatic rings. The number of para-hydroxylation sites is 1. The first kappa shape index (κ1) is 27.0. The van der Waals surface area contributed by atoms with Crippen LogP contribution in [0.5, 0.6) is 0 Å². The Labute approximate surface area is 273 Å². The van der Waals surface area contributed by atoms with Crippen LogP contribution in [0.2, 0.25) is 0 Å². The summed E-state index contributed by atoms with van der Waals surface area (Å²) < 4.78 is 0. The van der Waals surface area contributed by atoms with Gasteiger partial charge in [0.2, 0.25) is 0 Å². The maximum atomic E-state index is 9.35. The first-order valence-corrected chi connectivity index (χ1v) is 16.0. The summed E-state index contributed by atoms with van der Waals surface area (Å²) >= 11 is 0. The predicted octanol–water partition coefficient (Wildman–Crippen LogP) is 11.0. The second-order valence-corrected chi connectivity index (χ2v) is 12.2. The Morgan fingerprint density at radius 2 is 1.15 bits per heavy atom. The number of aromatic nitrogens is 1. The molecule has 0 saturated heterocycles. The molecule has 7 aromatic carbocycles. The Kier molecular flexibility index (Phi) is 6.13. The largest absolute Gasteiger partial charge is 0.247 e. The monoisotopic (exact) mass is 596 g/mol. The van der Waals surface area contributed by atoms with Gasteiger partial charge in [-0.25, -0.2) is 4.98 Å². The van der Waals surface area contributed by atoms with Gasteiger partial charge in [-0.1, -0.05) is 146 Å². The SMILES string of the molecule is N#Cc1ccc(-c2cccc(-c3nc4ccccc4c4ccc5c(c34)-c3ccccc3C5(c3ccccc3)c3ccccc3)c2)cc1. The fraction of sp³-hybridized carbons (Fsp3) is 0.0222. The van der Waals surface area contributed by atoms with Crippen LogP contribution in [-0.2, 0) is 5.41 Å². The Balaban J connectivity index is 1.42. The minimum atomic E-state index is -0.490. The van der Waals surface area contributed by atoms with E-state index >= 15 is 0 Å². The molecule has 0 saturated carbocycles. The van der Waals surface area contributed by atoms with E-state index in [1.54, 1.807) is 0 Å². The molecule has 0 fully saturated rings. The molecule has 0 bridgehead atoms. The summed E-state index contributed by atoms with van der Waals surface area (Å²) in [5.74, 6) is 0. The van der Waals surface area contributed by atoms with Gasteiger partial charge in [-0.2, -0.15) is 5.26 Å². The van der Waals surface area contributed by atoms with E-state index in [-0.39, 0.29) is 0 Å². The fourth-order valence-electron chi connectivity index (χ4n) is 7.77. The lowest BCUT2D eigenvalue weighted by Gasteiger charge is -2.34. The van der Waals surface area contributed by atoms with Crippen molar-refractivity contribution >= 4 is 21.7 Å². The summed E-state index contributed by atoms with van der Waals surface area (Å²) in [5.41, 5.74) is 12.8. The van der Waals surface area contributed by atoms with Gasteiger partial charge in [0, 0.05) is 16.3 Å². The van der Waals surface area contributed by atoms with Crippen molar-refractivity contribution in [2.75, 3.05) is 0 Å². The van der Waals surface area contributed by atoms with Crippen molar-refractivity contribution in [1.29, 1.82) is 5.26 Å². The zero-order valence-corrected chi connectivity index (χ0v) is 25.6. The predicted molar refractivity (Wildman–Crippen MR) is 192 cm³/mol. The van der Waals surface area contributed by atoms with Gasteiger partial charge in [0.05, 0.1) is 28.3 Å². The first-order valence-electron chi connectivity index (χ1n) is 16.0. The topological polar surface area (TPSA) is 36.7 Å². The van der Waals surface area contributed by atoms with Crippen molar-refractivity contribution in [3.05, 3.63) is 198 Å². The van der Waals surface area contributed by atoms with Crippen LogP contribution in [0, 0.1) is 11.3 Å². The lowest BCUT2D eigenvalue weighted by atomic mass is 9.67. The fourth-order valence-corrected chi connectivity index (χ4v) is 7.77. The summed E-state index contributed by atoms with van der Waals surface area (Å²) in [6.45, 7) is 0. The highest BCUT2D eigenvalue weighted by molar-refractivity contribution is 6.18. The Bertz CT molecular complexity index is 2470. The molecular formula is C45H28N2. The van der Waals surface area contributed by atoms with Crippen molar-refractivity contribution in [1.82, 2.24) is 4.98 Å². The zero-order chi connectivity index (χ0) is 31.4. The number of nitrogens with zero attached hydrogens (tertiary/aromatic N) is 2. The van der Waals surface area contributed by atoms with E-state index in [0.29, 0.717) is 5.56 Å². The normalized spacial score (nSPS) is 12.8. The molecule has 0 radical (unpaired) electrons. The molecule has 2 nitrogen and oxygen atoms in total. The van der Waals surface area contributed by atoms with Crippen molar-refractivity contribution < 1.29 is 0 Å². The molecule has 0 N–H and O–H groups in total. The highest BCUT2D eigenvalue weighted by atomic mass is 14.7. The van der Waals surface area contributed by atoms with E-state index in [2.05, 4.69) is 152 Å². The van der Waals surface area contributed by atoms with Crippen molar-refractivity contribution in [2.24, 2.45) is 0 Å². The van der Waals surface area contributed by atoms with Crippen molar-refractivity contribution in [2.45, 2.75) is 5.41 Å². The quantitative estimate of drug-likeness (QED) is 0.190. The zero-order valence-electron chi connectivity index (χ0n) is 25.6. The third-order valence-electron chi connectivity index (χ3n) is 9.77. The molecular weight excluding hydrogens is 569 g/mol. The Morgan fingerprint density at radius 3 is 1.89 bits per heavy atom. The molecule has 0 atom stereocenters. The summed E-state index contributed by atoms with van der Waals surface area (Å²) in [6, 6.07) is 62.6. The number of pyridine rings is 1. The third kappa shape index (κ3) is 4.00. The molecule has 1 heterocycles. The highest BCUT2D eigenvalue weighted by Gasteiger charge is 2.46. The number of hydrogen-bond acceptors (Lipinski definition) is 2. The van der Waals surface area contributed by atoms with Gasteiger partial charge in [-0.05, 0) is 74.2 Å². The smallest absolute Gasteiger partial charge is 0.0991 e. The van der Waals surface area contributed by atoms with Crippen LogP contribution in [0.15, 0.2) is 170 Å². The maximum absolute atomic E-state index is 9.35. The maximum Gasteiger partial charge on any atom is 0.0991 e. The van der Waals surface area contributed by atoms with E-state index in [1.807, 2.05) is 24.3 Å². The summed E-state index contributed by atoms with van der Waals surface area (Å²) in [6.07, 6.45) is 0. The molecule has 0 amide bonds. The van der Waals surface area contributed by atoms with Crippen molar-refractivity contribution in [3.8, 4) is 39.6 Å². The first-order chi connectivity index (χ1) is 23.3. The average molecular weight is 597 g/mol. The van der Waals surface area contributed by atoms with Crippen LogP contribution in [0.25, 0.3) is 55.2 Å². The number of rotatable bonds is 4. The van der Waals surface area contributed by atoms with Gasteiger partial charge in [-0.3, -0.25) is 0 Å². The Morgan fingerprint density at radius 1 is 0.489 bits per heavy atom. The number of fused-ring (bicyclic) bond motifs is 7. The molecule has 0 aliphatic heterocycles. The van der Waals surface area contributed by atoms with Gasteiger partial charge < -0.3 is 0 Å². The molecule has 218 valence electrons. The molecule has 47 heavy (non-hydrogen) atoms. The molecule has 2 heteroatoms. The summed E-state index contributed by atoms with van der Waals surface area (Å²) in [7, 11) is 0. The van der Waals surface area contributed by atoms with E-state index in [4.69, 9.17) is 4.98 Å². The molecule has 8 aromatic rings. The molecule has 0 unspecified atom stereocenters. The molecule has 1 aromatic heterocycles. The van der Waals surface area contributed by atoms with Crippen LogP contribution < -0.4 is 0 Å². The summed E-state index contributed by atoms with van der Waals surface area (Å²) in [5, 5.41) is 12.9. The van der Waals surface area contributed by atoms with Gasteiger partial charge in [0.15, 0.2) is 0 Å². The van der Waals surface area contributed by atoms with Crippen LogP contribution >= 0.6 is 0 Å². The average Bonchev–Trinajstić information content (AvgIpc) is 3.46. The second kappa shape index (κ2) is 10.7. The van der Waals surface area contributed by atoms with E-state index in [9.17, 15) is 5.26 Å². The van der Waals surface area contributed by atoms with Gasteiger partial charge in [0.25, 0.3) is 0 Å². The van der Waals surface area contributed by atoms with Crippen molar-refractivity contribution in [3.63, 3.8) is 0 Å². The van der Waals surface area contributed by atoms with Gasteiger partial charge in [-0.15, -0.1) is 0 Å². The standard InChI is InChI=1S/C45H28N2/c46-29-30-22-24-31(25-23-30)32-12-11-13-33(28-32)44-43-37(36-18-8-10-21-41(36)47-44)26-27-40-42(43)38-19-7-9-20-39(38)45(40,34-14-3-1-4-15-34)35-16-5-2-6-17-35/h1-28H. The molecule has 1 aliphatic carbocycles. The van der Waals surface area contributed by atoms with Gasteiger partial charge in [0.1, 0.15) is 0 Å². The van der Waals surface area contributed by atoms with E-state index in [1.165, 1.54) is 44.2 Å². The number of nitriles is 1. The third-order valence-corrected chi connectivity index (χ3v) is 9.77. The lowest BCUT2D eigenvalue weighted by Crippen LogP contribution is -2.28. The second-order valence-electron chi connectivity index (χ2n) is 12.2. The van der Waals surface area contributed by atoms with Crippen LogP contribution in [0.4, 0.5) is 0 Å². The number of hydrogen-bond donors (Lipinski definition) is 0. The molecule has 0 spiro atoms. The Hall–Kier alpha value is -6.30. The van der Waals surface area contributed by atoms with Crippen LogP contribution in [0.3, 0.4) is 0 Å². The lowest BCUT2D eigenvalue weighted by molar-refractivity contribution is 0.769. The van der Waals surface area contributed by atoms with E-state index < -0.39 is 5.41 Å². The highest BCUT2D eigenvalue weighted by Crippen LogP contribution is 2.58. The van der Waals surface area contributed by atoms with Crippen LogP contribution in [-0.4, -0.2) is 4.98 Å². The summed E-state index contributed by atoms with van der Waals surface area (Å²) in [4.78, 5) is 5.44. The van der Waals surface area contributed by atoms with Crippen LogP contribution in [0.1, 0.15) is 27.8 Å². The minimum Gasteiger partial charge on any atom is -0.247 e. The number of benzene rings is 7.